The van der Waals surface area contributed by atoms with Gasteiger partial charge in [-0.1, -0.05) is 91.4 Å². The Morgan fingerprint density at radius 2 is 1.30 bits per heavy atom. The van der Waals surface area contributed by atoms with E-state index < -0.39 is 0 Å². The van der Waals surface area contributed by atoms with Crippen molar-refractivity contribution in [3.8, 4) is 0 Å². The van der Waals surface area contributed by atoms with Crippen LogP contribution in [-0.2, 0) is 4.74 Å². The molecule has 0 aromatic rings. The van der Waals surface area contributed by atoms with Gasteiger partial charge in [-0.15, -0.1) is 0 Å². The van der Waals surface area contributed by atoms with Gasteiger partial charge in [0.25, 0.3) is 0 Å². The Kier molecular flexibility index (Phi) is 10.4. The van der Waals surface area contributed by atoms with Crippen LogP contribution in [0, 0.1) is 5.92 Å². The van der Waals surface area contributed by atoms with Gasteiger partial charge in [-0.3, -0.25) is 0 Å². The molecule has 0 aromatic heterocycles. The zero-order valence-corrected chi connectivity index (χ0v) is 14.3. The van der Waals surface area contributed by atoms with Crippen molar-refractivity contribution in [2.75, 3.05) is 0 Å². The second-order valence-corrected chi connectivity index (χ2v) is 6.92. The van der Waals surface area contributed by atoms with Gasteiger partial charge >= 0.3 is 0 Å². The predicted octanol–water partition coefficient (Wildman–Crippen LogP) is 6.50. The first kappa shape index (κ1) is 18.0. The van der Waals surface area contributed by atoms with E-state index >= 15 is 0 Å². The maximum absolute atomic E-state index is 5.80. The average molecular weight is 283 g/mol. The maximum atomic E-state index is 5.80. The molecule has 3 atom stereocenters. The molecule has 1 saturated heterocycles. The van der Waals surface area contributed by atoms with E-state index in [1.807, 2.05) is 0 Å². The minimum atomic E-state index is 0.632. The van der Waals surface area contributed by atoms with Crippen LogP contribution in [0.1, 0.15) is 104 Å². The Labute approximate surface area is 127 Å². The van der Waals surface area contributed by atoms with E-state index in [1.165, 1.54) is 83.5 Å². The summed E-state index contributed by atoms with van der Waals surface area (Å²) in [6, 6.07) is 0. The Morgan fingerprint density at radius 3 is 1.90 bits per heavy atom. The van der Waals surface area contributed by atoms with Gasteiger partial charge in [-0.2, -0.15) is 0 Å². The molecule has 0 spiro atoms. The van der Waals surface area contributed by atoms with E-state index in [1.54, 1.807) is 0 Å². The van der Waals surface area contributed by atoms with Gasteiger partial charge in [0.1, 0.15) is 0 Å². The van der Waals surface area contributed by atoms with Crippen LogP contribution in [0.2, 0.25) is 0 Å². The summed E-state index contributed by atoms with van der Waals surface area (Å²) >= 11 is 0. The molecule has 120 valence electrons. The quantitative estimate of drug-likeness (QED) is 0.261. The summed E-state index contributed by atoms with van der Waals surface area (Å²) in [5.74, 6) is 0.915. The van der Waals surface area contributed by atoms with Gasteiger partial charge in [0, 0.05) is 0 Å². The summed E-state index contributed by atoms with van der Waals surface area (Å²) in [5.41, 5.74) is 0. The highest BCUT2D eigenvalue weighted by Gasteiger charge is 2.36. The molecule has 0 amide bonds. The number of hydrogen-bond acceptors (Lipinski definition) is 1. The van der Waals surface area contributed by atoms with E-state index in [0.717, 1.165) is 5.92 Å². The fraction of sp³-hybridized carbons (Fsp3) is 1.00. The van der Waals surface area contributed by atoms with Crippen molar-refractivity contribution >= 4 is 0 Å². The van der Waals surface area contributed by atoms with Crippen molar-refractivity contribution in [1.29, 1.82) is 0 Å². The lowest BCUT2D eigenvalue weighted by Gasteiger charge is -2.06. The third-order valence-electron chi connectivity index (χ3n) is 4.91. The van der Waals surface area contributed by atoms with Crippen molar-refractivity contribution in [2.45, 2.75) is 116 Å². The fourth-order valence-electron chi connectivity index (χ4n) is 3.03. The molecule has 1 fully saturated rings. The van der Waals surface area contributed by atoms with Crippen LogP contribution in [0.4, 0.5) is 0 Å². The van der Waals surface area contributed by atoms with Crippen molar-refractivity contribution < 1.29 is 4.74 Å². The summed E-state index contributed by atoms with van der Waals surface area (Å²) in [4.78, 5) is 0. The molecule has 3 unspecified atom stereocenters. The minimum Gasteiger partial charge on any atom is -0.370 e. The number of unbranched alkanes of at least 4 members (excludes halogenated alkanes) is 7. The third-order valence-corrected chi connectivity index (χ3v) is 4.91. The lowest BCUT2D eigenvalue weighted by Crippen LogP contribution is -1.96. The fourth-order valence-corrected chi connectivity index (χ4v) is 3.03. The largest absolute Gasteiger partial charge is 0.370 e. The van der Waals surface area contributed by atoms with Gasteiger partial charge in [0.2, 0.25) is 0 Å². The molecule has 1 heterocycles. The summed E-state index contributed by atoms with van der Waals surface area (Å²) in [6.07, 6.45) is 19.3. The van der Waals surface area contributed by atoms with Gasteiger partial charge in [0.05, 0.1) is 12.2 Å². The lowest BCUT2D eigenvalue weighted by molar-refractivity contribution is 0.345. The van der Waals surface area contributed by atoms with E-state index in [-0.39, 0.29) is 0 Å². The molecule has 1 nitrogen and oxygen atoms in total. The summed E-state index contributed by atoms with van der Waals surface area (Å²) in [6.45, 7) is 6.96. The first-order valence-electron chi connectivity index (χ1n) is 9.43. The van der Waals surface area contributed by atoms with Crippen LogP contribution in [0.25, 0.3) is 0 Å². The van der Waals surface area contributed by atoms with Gasteiger partial charge in [0.15, 0.2) is 0 Å². The van der Waals surface area contributed by atoms with E-state index in [9.17, 15) is 0 Å². The zero-order chi connectivity index (χ0) is 14.6. The first-order valence-corrected chi connectivity index (χ1v) is 9.43. The van der Waals surface area contributed by atoms with Crippen LogP contribution in [-0.4, -0.2) is 12.2 Å². The summed E-state index contributed by atoms with van der Waals surface area (Å²) in [5, 5.41) is 0. The highest BCUT2D eigenvalue weighted by Crippen LogP contribution is 2.32. The molecule has 1 rings (SSSR count). The normalized spacial score (nSPS) is 22.9. The minimum absolute atomic E-state index is 0.632. The first-order chi connectivity index (χ1) is 9.77. The SMILES string of the molecule is CCCCCCCCCC1OC1CCCCC(C)CC. The number of rotatable bonds is 14. The molecule has 0 aliphatic carbocycles. The monoisotopic (exact) mass is 282 g/mol. The molecule has 0 aromatic carbocycles. The van der Waals surface area contributed by atoms with Crippen molar-refractivity contribution in [3.05, 3.63) is 0 Å². The molecule has 20 heavy (non-hydrogen) atoms. The number of epoxide rings is 1. The number of ether oxygens (including phenoxy) is 1. The molecule has 0 radical (unpaired) electrons. The molecular formula is C19H38O. The Balaban J connectivity index is 1.79. The van der Waals surface area contributed by atoms with E-state index in [4.69, 9.17) is 4.74 Å². The highest BCUT2D eigenvalue weighted by atomic mass is 16.6. The molecule has 1 heteroatoms. The van der Waals surface area contributed by atoms with Crippen LogP contribution < -0.4 is 0 Å². The average Bonchev–Trinajstić information content (AvgIpc) is 3.21. The predicted molar refractivity (Wildman–Crippen MR) is 89.2 cm³/mol. The summed E-state index contributed by atoms with van der Waals surface area (Å²) < 4.78 is 5.80. The molecule has 0 N–H and O–H groups in total. The maximum Gasteiger partial charge on any atom is 0.0841 e. The zero-order valence-electron chi connectivity index (χ0n) is 14.3. The molecule has 1 aliphatic heterocycles. The second-order valence-electron chi connectivity index (χ2n) is 6.92. The molecule has 0 saturated carbocycles. The summed E-state index contributed by atoms with van der Waals surface area (Å²) in [7, 11) is 0. The van der Waals surface area contributed by atoms with Gasteiger partial charge in [-0.25, -0.2) is 0 Å². The van der Waals surface area contributed by atoms with E-state index in [0.29, 0.717) is 12.2 Å². The highest BCUT2D eigenvalue weighted by molar-refractivity contribution is 4.84. The Hall–Kier alpha value is -0.0400. The number of hydrogen-bond donors (Lipinski definition) is 0. The smallest absolute Gasteiger partial charge is 0.0841 e. The van der Waals surface area contributed by atoms with Crippen molar-refractivity contribution in [2.24, 2.45) is 5.92 Å². The van der Waals surface area contributed by atoms with E-state index in [2.05, 4.69) is 20.8 Å². The topological polar surface area (TPSA) is 12.5 Å². The van der Waals surface area contributed by atoms with Crippen LogP contribution in [0.3, 0.4) is 0 Å². The van der Waals surface area contributed by atoms with Crippen molar-refractivity contribution in [1.82, 2.24) is 0 Å². The molecular weight excluding hydrogens is 244 g/mol. The lowest BCUT2D eigenvalue weighted by atomic mass is 9.99. The standard InChI is InChI=1S/C19H38O/c1-4-6-7-8-9-10-11-15-18-19(20-18)16-13-12-14-17(3)5-2/h17-19H,4-16H2,1-3H3. The van der Waals surface area contributed by atoms with Crippen LogP contribution in [0.5, 0.6) is 0 Å². The Morgan fingerprint density at radius 1 is 0.750 bits per heavy atom. The second kappa shape index (κ2) is 11.6. The van der Waals surface area contributed by atoms with Crippen LogP contribution >= 0.6 is 0 Å². The van der Waals surface area contributed by atoms with Crippen molar-refractivity contribution in [3.63, 3.8) is 0 Å². The van der Waals surface area contributed by atoms with Crippen LogP contribution in [0.15, 0.2) is 0 Å². The van der Waals surface area contributed by atoms with Gasteiger partial charge in [-0.05, 0) is 18.8 Å². The van der Waals surface area contributed by atoms with Gasteiger partial charge < -0.3 is 4.74 Å². The molecule has 0 bridgehead atoms. The molecule has 1 aliphatic rings. The Bertz CT molecular complexity index is 214. The third kappa shape index (κ3) is 9.00.